The van der Waals surface area contributed by atoms with E-state index in [9.17, 15) is 9.59 Å². The summed E-state index contributed by atoms with van der Waals surface area (Å²) in [6.45, 7) is 7.03. The molecule has 5 rings (SSSR count). The van der Waals surface area contributed by atoms with Crippen LogP contribution in [0.3, 0.4) is 0 Å². The van der Waals surface area contributed by atoms with Gasteiger partial charge >= 0.3 is 0 Å². The van der Waals surface area contributed by atoms with Crippen molar-refractivity contribution in [3.8, 4) is 23.0 Å². The summed E-state index contributed by atoms with van der Waals surface area (Å²) >= 11 is 0. The van der Waals surface area contributed by atoms with Crippen LogP contribution in [0.4, 0.5) is 11.4 Å². The number of rotatable bonds is 8. The molecule has 2 heterocycles. The largest absolute Gasteiger partial charge is 0.497 e. The maximum Gasteiger partial charge on any atom is 0.228 e. The van der Waals surface area contributed by atoms with Gasteiger partial charge in [-0.25, -0.2) is 0 Å². The second-order valence-electron chi connectivity index (χ2n) is 11.0. The van der Waals surface area contributed by atoms with Crippen molar-refractivity contribution in [3.63, 3.8) is 0 Å². The minimum Gasteiger partial charge on any atom is -0.497 e. The van der Waals surface area contributed by atoms with E-state index >= 15 is 0 Å². The maximum absolute atomic E-state index is 14.3. The fraction of sp³-hybridized carbons (Fsp3) is 0.412. The van der Waals surface area contributed by atoms with Crippen molar-refractivity contribution in [1.29, 1.82) is 0 Å². The first kappa shape index (κ1) is 30.1. The average Bonchev–Trinajstić information content (AvgIpc) is 3.05. The molecule has 2 saturated heterocycles. The molecule has 2 fully saturated rings. The number of carbonyl (C=O) groups excluding carboxylic acids is 2. The number of hydrogen-bond donors (Lipinski definition) is 0. The van der Waals surface area contributed by atoms with Gasteiger partial charge in [-0.05, 0) is 55.2 Å². The van der Waals surface area contributed by atoms with Gasteiger partial charge in [0.2, 0.25) is 17.6 Å². The molecule has 2 unspecified atom stereocenters. The molecule has 9 nitrogen and oxygen atoms in total. The second kappa shape index (κ2) is 12.9. The van der Waals surface area contributed by atoms with Crippen LogP contribution in [0, 0.1) is 19.8 Å². The lowest BCUT2D eigenvalue weighted by Gasteiger charge is -2.44. The summed E-state index contributed by atoms with van der Waals surface area (Å²) in [7, 11) is 6.25. The van der Waals surface area contributed by atoms with E-state index < -0.39 is 12.0 Å². The van der Waals surface area contributed by atoms with Gasteiger partial charge in [0.1, 0.15) is 5.75 Å². The van der Waals surface area contributed by atoms with Crippen LogP contribution in [0.1, 0.15) is 35.6 Å². The minimum atomic E-state index is -0.528. The molecule has 2 amide bonds. The molecule has 43 heavy (non-hydrogen) atoms. The molecule has 0 aliphatic carbocycles. The summed E-state index contributed by atoms with van der Waals surface area (Å²) in [6.07, 6.45) is 0.717. The summed E-state index contributed by atoms with van der Waals surface area (Å²) in [5.41, 5.74) is 5.19. The summed E-state index contributed by atoms with van der Waals surface area (Å²) < 4.78 is 22.1. The standard InChI is InChI=1S/C34H41N3O6/c1-22-8-7-9-28(23(22)2)35-16-18-36(19-17-35)34(39)27-14-15-31(38)37(32(27)24-10-12-26(40-3)13-11-24)25-20-29(41-4)33(43-6)30(21-25)42-5/h7-13,20-21,27,32H,14-19H2,1-6H3. The topological polar surface area (TPSA) is 80.8 Å². The highest BCUT2D eigenvalue weighted by atomic mass is 16.5. The normalized spacial score (nSPS) is 18.8. The second-order valence-corrected chi connectivity index (χ2v) is 11.0. The molecule has 0 saturated carbocycles. The predicted molar refractivity (Wildman–Crippen MR) is 167 cm³/mol. The van der Waals surface area contributed by atoms with E-state index in [0.717, 1.165) is 18.7 Å². The molecule has 0 bridgehead atoms. The molecule has 228 valence electrons. The number of piperidine rings is 1. The maximum atomic E-state index is 14.3. The van der Waals surface area contributed by atoms with Crippen LogP contribution in [-0.4, -0.2) is 71.3 Å². The highest BCUT2D eigenvalue weighted by Gasteiger charge is 2.44. The molecule has 0 radical (unpaired) electrons. The lowest BCUT2D eigenvalue weighted by molar-refractivity contribution is -0.138. The van der Waals surface area contributed by atoms with Crippen LogP contribution in [-0.2, 0) is 9.59 Å². The zero-order valence-electron chi connectivity index (χ0n) is 25.9. The number of piperazine rings is 1. The Kier molecular flexibility index (Phi) is 8.99. The molecule has 0 spiro atoms. The summed E-state index contributed by atoms with van der Waals surface area (Å²) in [6, 6.07) is 17.0. The molecule has 9 heteroatoms. The third-order valence-electron chi connectivity index (χ3n) is 8.81. The Bertz CT molecular complexity index is 1440. The number of carbonyl (C=O) groups is 2. The number of benzene rings is 3. The van der Waals surface area contributed by atoms with Crippen LogP contribution in [0.2, 0.25) is 0 Å². The summed E-state index contributed by atoms with van der Waals surface area (Å²) in [5, 5.41) is 0. The summed E-state index contributed by atoms with van der Waals surface area (Å²) in [5.74, 6) is 1.58. The lowest BCUT2D eigenvalue weighted by atomic mass is 9.82. The number of amides is 2. The number of hydrogen-bond acceptors (Lipinski definition) is 7. The van der Waals surface area contributed by atoms with Gasteiger partial charge in [-0.2, -0.15) is 0 Å². The Morgan fingerprint density at radius 3 is 2.05 bits per heavy atom. The third-order valence-corrected chi connectivity index (χ3v) is 8.81. The molecule has 2 atom stereocenters. The van der Waals surface area contributed by atoms with E-state index in [1.165, 1.54) is 16.8 Å². The van der Waals surface area contributed by atoms with Crippen LogP contribution < -0.4 is 28.7 Å². The Morgan fingerprint density at radius 1 is 0.814 bits per heavy atom. The van der Waals surface area contributed by atoms with Crippen molar-refractivity contribution in [1.82, 2.24) is 4.90 Å². The van der Waals surface area contributed by atoms with Crippen molar-refractivity contribution in [3.05, 3.63) is 71.3 Å². The van der Waals surface area contributed by atoms with E-state index in [1.54, 1.807) is 45.5 Å². The summed E-state index contributed by atoms with van der Waals surface area (Å²) in [4.78, 5) is 34.1. The molecular weight excluding hydrogens is 546 g/mol. The van der Waals surface area contributed by atoms with E-state index in [2.05, 4.69) is 36.9 Å². The van der Waals surface area contributed by atoms with Gasteiger partial charge in [-0.1, -0.05) is 24.3 Å². The third kappa shape index (κ3) is 5.81. The zero-order chi connectivity index (χ0) is 30.7. The zero-order valence-corrected chi connectivity index (χ0v) is 25.9. The van der Waals surface area contributed by atoms with E-state index in [0.29, 0.717) is 48.2 Å². The molecule has 2 aliphatic rings. The highest BCUT2D eigenvalue weighted by Crippen LogP contribution is 2.46. The SMILES string of the molecule is COc1ccc(C2C(C(=O)N3CCN(c4cccc(C)c4C)CC3)CCC(=O)N2c2cc(OC)c(OC)c(OC)c2)cc1. The van der Waals surface area contributed by atoms with Gasteiger partial charge in [0, 0.05) is 50.4 Å². The lowest BCUT2D eigenvalue weighted by Crippen LogP contribution is -2.54. The monoisotopic (exact) mass is 587 g/mol. The Labute approximate surface area is 253 Å². The van der Waals surface area contributed by atoms with Crippen molar-refractivity contribution in [2.24, 2.45) is 5.92 Å². The van der Waals surface area contributed by atoms with Crippen molar-refractivity contribution in [2.75, 3.05) is 64.4 Å². The smallest absolute Gasteiger partial charge is 0.228 e. The Balaban J connectivity index is 1.49. The molecule has 0 N–H and O–H groups in total. The van der Waals surface area contributed by atoms with Crippen molar-refractivity contribution < 1.29 is 28.5 Å². The van der Waals surface area contributed by atoms with Gasteiger partial charge in [0.15, 0.2) is 11.5 Å². The van der Waals surface area contributed by atoms with Crippen molar-refractivity contribution in [2.45, 2.75) is 32.7 Å². The van der Waals surface area contributed by atoms with E-state index in [-0.39, 0.29) is 18.2 Å². The van der Waals surface area contributed by atoms with Crippen LogP contribution in [0.15, 0.2) is 54.6 Å². The first-order valence-electron chi connectivity index (χ1n) is 14.7. The van der Waals surface area contributed by atoms with Gasteiger partial charge in [-0.3, -0.25) is 9.59 Å². The van der Waals surface area contributed by atoms with Crippen LogP contribution in [0.25, 0.3) is 0 Å². The Morgan fingerprint density at radius 2 is 1.47 bits per heavy atom. The average molecular weight is 588 g/mol. The first-order valence-corrected chi connectivity index (χ1v) is 14.7. The first-order chi connectivity index (χ1) is 20.8. The number of anilines is 2. The molecule has 2 aliphatic heterocycles. The van der Waals surface area contributed by atoms with Gasteiger partial charge in [0.25, 0.3) is 0 Å². The number of methoxy groups -OCH3 is 4. The van der Waals surface area contributed by atoms with Crippen LogP contribution >= 0.6 is 0 Å². The van der Waals surface area contributed by atoms with Gasteiger partial charge in [-0.15, -0.1) is 0 Å². The molecule has 3 aromatic rings. The Hall–Kier alpha value is -4.40. The van der Waals surface area contributed by atoms with Crippen LogP contribution in [0.5, 0.6) is 23.0 Å². The highest BCUT2D eigenvalue weighted by molar-refractivity contribution is 5.98. The quantitative estimate of drug-likeness (QED) is 0.360. The molecule has 0 aromatic heterocycles. The van der Waals surface area contributed by atoms with Crippen molar-refractivity contribution >= 4 is 23.2 Å². The minimum absolute atomic E-state index is 0.0615. The van der Waals surface area contributed by atoms with Gasteiger partial charge in [0.05, 0.1) is 46.1 Å². The fourth-order valence-corrected chi connectivity index (χ4v) is 6.32. The number of ether oxygens (including phenoxy) is 4. The number of aryl methyl sites for hydroxylation is 1. The number of nitrogens with zero attached hydrogens (tertiary/aromatic N) is 3. The molecule has 3 aromatic carbocycles. The fourth-order valence-electron chi connectivity index (χ4n) is 6.32. The van der Waals surface area contributed by atoms with E-state index in [4.69, 9.17) is 18.9 Å². The predicted octanol–water partition coefficient (Wildman–Crippen LogP) is 5.17. The van der Waals surface area contributed by atoms with Gasteiger partial charge < -0.3 is 33.6 Å². The molecular formula is C34H41N3O6. The van der Waals surface area contributed by atoms with E-state index in [1.807, 2.05) is 29.2 Å².